The standard InChI is InChI=1S/C16H16O2/c1-12(2)15-10-13(11-17)8-9-16(15)18-14-6-4-3-5-7-14/h3-12H,1-2H3. The summed E-state index contributed by atoms with van der Waals surface area (Å²) in [7, 11) is 0. The molecule has 0 N–H and O–H groups in total. The molecule has 0 heterocycles. The van der Waals surface area contributed by atoms with Gasteiger partial charge in [0.05, 0.1) is 0 Å². The summed E-state index contributed by atoms with van der Waals surface area (Å²) in [5.74, 6) is 1.92. The second-order valence-corrected chi connectivity index (χ2v) is 4.48. The highest BCUT2D eigenvalue weighted by molar-refractivity contribution is 5.75. The monoisotopic (exact) mass is 240 g/mol. The lowest BCUT2D eigenvalue weighted by Gasteiger charge is -2.14. The summed E-state index contributed by atoms with van der Waals surface area (Å²) in [6.07, 6.45) is 0.859. The van der Waals surface area contributed by atoms with E-state index >= 15 is 0 Å². The van der Waals surface area contributed by atoms with Crippen molar-refractivity contribution < 1.29 is 9.53 Å². The van der Waals surface area contributed by atoms with Crippen LogP contribution in [0.15, 0.2) is 48.5 Å². The SMILES string of the molecule is CC(C)c1cc(C=O)ccc1Oc1ccccc1. The van der Waals surface area contributed by atoms with Crippen molar-refractivity contribution in [3.05, 3.63) is 59.7 Å². The normalized spacial score (nSPS) is 10.4. The minimum atomic E-state index is 0.309. The minimum absolute atomic E-state index is 0.309. The van der Waals surface area contributed by atoms with E-state index in [4.69, 9.17) is 4.74 Å². The molecule has 0 aromatic heterocycles. The Kier molecular flexibility index (Phi) is 3.78. The Labute approximate surface area is 107 Å². The molecule has 2 rings (SSSR count). The van der Waals surface area contributed by atoms with E-state index < -0.39 is 0 Å². The van der Waals surface area contributed by atoms with Gasteiger partial charge in [0.1, 0.15) is 17.8 Å². The van der Waals surface area contributed by atoms with E-state index in [0.717, 1.165) is 23.3 Å². The van der Waals surface area contributed by atoms with Crippen molar-refractivity contribution >= 4 is 6.29 Å². The molecular weight excluding hydrogens is 224 g/mol. The lowest BCUT2D eigenvalue weighted by atomic mass is 10.00. The predicted octanol–water partition coefficient (Wildman–Crippen LogP) is 4.41. The van der Waals surface area contributed by atoms with Gasteiger partial charge < -0.3 is 4.74 Å². The molecule has 0 radical (unpaired) electrons. The van der Waals surface area contributed by atoms with E-state index in [0.29, 0.717) is 11.5 Å². The highest BCUT2D eigenvalue weighted by Crippen LogP contribution is 2.30. The van der Waals surface area contributed by atoms with Gasteiger partial charge in [-0.25, -0.2) is 0 Å². The van der Waals surface area contributed by atoms with Crippen LogP contribution in [0.3, 0.4) is 0 Å². The Hall–Kier alpha value is -2.09. The maximum absolute atomic E-state index is 10.8. The number of hydrogen-bond donors (Lipinski definition) is 0. The maximum atomic E-state index is 10.8. The van der Waals surface area contributed by atoms with Gasteiger partial charge in [-0.2, -0.15) is 0 Å². The highest BCUT2D eigenvalue weighted by Gasteiger charge is 2.09. The van der Waals surface area contributed by atoms with Crippen LogP contribution in [-0.4, -0.2) is 6.29 Å². The molecule has 0 saturated heterocycles. The molecule has 0 aliphatic heterocycles. The van der Waals surface area contributed by atoms with Gasteiger partial charge in [0.15, 0.2) is 0 Å². The van der Waals surface area contributed by atoms with Crippen molar-refractivity contribution in [3.8, 4) is 11.5 Å². The largest absolute Gasteiger partial charge is 0.457 e. The van der Waals surface area contributed by atoms with Gasteiger partial charge in [0.2, 0.25) is 0 Å². The molecule has 0 saturated carbocycles. The fourth-order valence-electron chi connectivity index (χ4n) is 1.80. The number of para-hydroxylation sites is 1. The summed E-state index contributed by atoms with van der Waals surface area (Å²) >= 11 is 0. The third-order valence-corrected chi connectivity index (χ3v) is 2.76. The Morgan fingerprint density at radius 1 is 1.06 bits per heavy atom. The molecule has 0 atom stereocenters. The molecule has 0 aliphatic rings. The number of rotatable bonds is 4. The average Bonchev–Trinajstić information content (AvgIpc) is 2.40. The molecule has 0 unspecified atom stereocenters. The molecule has 18 heavy (non-hydrogen) atoms. The summed E-state index contributed by atoms with van der Waals surface area (Å²) < 4.78 is 5.85. The summed E-state index contributed by atoms with van der Waals surface area (Å²) in [6, 6.07) is 15.2. The number of carbonyl (C=O) groups is 1. The third kappa shape index (κ3) is 2.77. The zero-order valence-electron chi connectivity index (χ0n) is 10.6. The molecule has 0 fully saturated rings. The van der Waals surface area contributed by atoms with Crippen molar-refractivity contribution in [1.82, 2.24) is 0 Å². The minimum Gasteiger partial charge on any atom is -0.457 e. The van der Waals surface area contributed by atoms with Crippen LogP contribution in [0.4, 0.5) is 0 Å². The second kappa shape index (κ2) is 5.50. The molecule has 0 amide bonds. The van der Waals surface area contributed by atoms with Crippen molar-refractivity contribution in [3.63, 3.8) is 0 Å². The van der Waals surface area contributed by atoms with Gasteiger partial charge in [0, 0.05) is 5.56 Å². The third-order valence-electron chi connectivity index (χ3n) is 2.76. The van der Waals surface area contributed by atoms with Gasteiger partial charge >= 0.3 is 0 Å². The van der Waals surface area contributed by atoms with E-state index in [9.17, 15) is 4.79 Å². The first kappa shape index (κ1) is 12.4. The van der Waals surface area contributed by atoms with E-state index in [1.165, 1.54) is 0 Å². The van der Waals surface area contributed by atoms with Crippen molar-refractivity contribution in [1.29, 1.82) is 0 Å². The van der Waals surface area contributed by atoms with E-state index in [1.807, 2.05) is 42.5 Å². The number of benzene rings is 2. The summed E-state index contributed by atoms with van der Waals surface area (Å²) in [6.45, 7) is 4.17. The average molecular weight is 240 g/mol. The van der Waals surface area contributed by atoms with Crippen molar-refractivity contribution in [2.75, 3.05) is 0 Å². The smallest absolute Gasteiger partial charge is 0.150 e. The van der Waals surface area contributed by atoms with Crippen molar-refractivity contribution in [2.24, 2.45) is 0 Å². The Bertz CT molecular complexity index is 530. The van der Waals surface area contributed by atoms with Gasteiger partial charge in [0.25, 0.3) is 0 Å². The van der Waals surface area contributed by atoms with E-state index in [-0.39, 0.29) is 0 Å². The number of hydrogen-bond acceptors (Lipinski definition) is 2. The zero-order chi connectivity index (χ0) is 13.0. The number of aldehydes is 1. The zero-order valence-corrected chi connectivity index (χ0v) is 10.6. The topological polar surface area (TPSA) is 26.3 Å². The molecule has 2 heteroatoms. The van der Waals surface area contributed by atoms with Crippen molar-refractivity contribution in [2.45, 2.75) is 19.8 Å². The van der Waals surface area contributed by atoms with Crippen LogP contribution in [0.5, 0.6) is 11.5 Å². The lowest BCUT2D eigenvalue weighted by Crippen LogP contribution is -1.95. The Morgan fingerprint density at radius 2 is 1.78 bits per heavy atom. The summed E-state index contributed by atoms with van der Waals surface area (Å²) in [4.78, 5) is 10.8. The molecule has 0 aliphatic carbocycles. The molecule has 92 valence electrons. The van der Waals surface area contributed by atoms with E-state index in [1.54, 1.807) is 6.07 Å². The molecule has 0 spiro atoms. The van der Waals surface area contributed by atoms with Crippen LogP contribution < -0.4 is 4.74 Å². The molecule has 2 aromatic carbocycles. The highest BCUT2D eigenvalue weighted by atomic mass is 16.5. The fourth-order valence-corrected chi connectivity index (χ4v) is 1.80. The lowest BCUT2D eigenvalue weighted by molar-refractivity contribution is 0.112. The van der Waals surface area contributed by atoms with Crippen LogP contribution in [0, 0.1) is 0 Å². The quantitative estimate of drug-likeness (QED) is 0.740. The van der Waals surface area contributed by atoms with Crippen LogP contribution in [0.2, 0.25) is 0 Å². The van der Waals surface area contributed by atoms with Gasteiger partial charge in [-0.3, -0.25) is 4.79 Å². The molecule has 2 nitrogen and oxygen atoms in total. The molecule has 0 bridgehead atoms. The molecule has 2 aromatic rings. The number of ether oxygens (including phenoxy) is 1. The van der Waals surface area contributed by atoms with Gasteiger partial charge in [-0.05, 0) is 41.8 Å². The number of carbonyl (C=O) groups excluding carboxylic acids is 1. The van der Waals surface area contributed by atoms with Crippen LogP contribution in [0.25, 0.3) is 0 Å². The maximum Gasteiger partial charge on any atom is 0.150 e. The first-order valence-electron chi connectivity index (χ1n) is 6.02. The first-order valence-corrected chi connectivity index (χ1v) is 6.02. The van der Waals surface area contributed by atoms with Crippen LogP contribution >= 0.6 is 0 Å². The Balaban J connectivity index is 2.35. The van der Waals surface area contributed by atoms with Gasteiger partial charge in [-0.1, -0.05) is 32.0 Å². The predicted molar refractivity (Wildman–Crippen MR) is 72.4 cm³/mol. The Morgan fingerprint density at radius 3 is 2.39 bits per heavy atom. The first-order chi connectivity index (χ1) is 8.70. The van der Waals surface area contributed by atoms with E-state index in [2.05, 4.69) is 13.8 Å². The van der Waals surface area contributed by atoms with Crippen LogP contribution in [0.1, 0.15) is 35.7 Å². The summed E-state index contributed by atoms with van der Waals surface area (Å²) in [5, 5.41) is 0. The van der Waals surface area contributed by atoms with Gasteiger partial charge in [-0.15, -0.1) is 0 Å². The molecular formula is C16H16O2. The van der Waals surface area contributed by atoms with Crippen LogP contribution in [-0.2, 0) is 0 Å². The fraction of sp³-hybridized carbons (Fsp3) is 0.188. The second-order valence-electron chi connectivity index (χ2n) is 4.48. The summed E-state index contributed by atoms with van der Waals surface area (Å²) in [5.41, 5.74) is 1.72.